The Hall–Kier alpha value is -3.44. The number of hydrogen-bond donors (Lipinski definition) is 6. The number of carboxylic acids is 1. The molecule has 2 heterocycles. The van der Waals surface area contributed by atoms with Crippen molar-refractivity contribution in [2.45, 2.75) is 76.7 Å². The van der Waals surface area contributed by atoms with Crippen molar-refractivity contribution in [2.75, 3.05) is 6.54 Å². The van der Waals surface area contributed by atoms with Crippen LogP contribution in [0.25, 0.3) is 10.9 Å². The summed E-state index contributed by atoms with van der Waals surface area (Å²) in [5.74, 6) is -3.03. The topological polar surface area (TPSA) is 178 Å². The maximum atomic E-state index is 13.8. The van der Waals surface area contributed by atoms with E-state index < -0.39 is 54.0 Å². The number of fused-ring (bicyclic) bond motifs is 1. The van der Waals surface area contributed by atoms with Crippen molar-refractivity contribution < 1.29 is 29.4 Å². The smallest absolute Gasteiger partial charge is 0.328 e. The Kier molecular flexibility index (Phi) is 9.28. The molecule has 11 nitrogen and oxygen atoms in total. The van der Waals surface area contributed by atoms with Crippen molar-refractivity contribution in [3.8, 4) is 0 Å². The van der Waals surface area contributed by atoms with E-state index in [0.717, 1.165) is 16.5 Å². The molecule has 37 heavy (non-hydrogen) atoms. The van der Waals surface area contributed by atoms with Crippen molar-refractivity contribution in [3.05, 3.63) is 36.0 Å². The van der Waals surface area contributed by atoms with Crippen LogP contribution in [0.5, 0.6) is 0 Å². The maximum absolute atomic E-state index is 13.8. The Balaban J connectivity index is 1.86. The molecule has 3 amide bonds. The third-order valence-corrected chi connectivity index (χ3v) is 7.16. The number of benzene rings is 1. The molecule has 1 saturated heterocycles. The molecule has 7 N–H and O–H groups in total. The van der Waals surface area contributed by atoms with Gasteiger partial charge in [-0.2, -0.15) is 0 Å². The number of carbonyl (C=O) groups is 4. The second kappa shape index (κ2) is 12.2. The molecule has 1 aromatic heterocycles. The highest BCUT2D eigenvalue weighted by atomic mass is 16.4. The normalized spacial score (nSPS) is 19.6. The number of carboxylic acid groups (broad SMARTS) is 1. The molecular formula is C26H37N5O6. The Morgan fingerprint density at radius 3 is 2.54 bits per heavy atom. The van der Waals surface area contributed by atoms with E-state index in [-0.39, 0.29) is 18.9 Å². The fourth-order valence-electron chi connectivity index (χ4n) is 4.64. The first-order valence-corrected chi connectivity index (χ1v) is 12.7. The van der Waals surface area contributed by atoms with Crippen molar-refractivity contribution in [1.29, 1.82) is 0 Å². The summed E-state index contributed by atoms with van der Waals surface area (Å²) in [6.45, 7) is 5.34. The van der Waals surface area contributed by atoms with Gasteiger partial charge in [-0.05, 0) is 37.3 Å². The standard InChI is InChI=1S/C26H37N5O6/c1-4-14(2)21(27)24(34)29-19(12-16-13-28-18-9-6-5-8-17(16)18)25(35)31-11-7-10-20(31)23(33)30-22(15(3)32)26(36)37/h5-6,8-9,13-15,19-22,28,32H,4,7,10-12,27H2,1-3H3,(H,29,34)(H,30,33)(H,36,37). The van der Waals surface area contributed by atoms with Gasteiger partial charge in [0.2, 0.25) is 17.7 Å². The van der Waals surface area contributed by atoms with Crippen LogP contribution in [0.1, 0.15) is 45.6 Å². The van der Waals surface area contributed by atoms with Crippen LogP contribution in [0.3, 0.4) is 0 Å². The molecule has 6 atom stereocenters. The SMILES string of the molecule is CCC(C)C(N)C(=O)NC(Cc1c[nH]c2ccccc12)C(=O)N1CCCC1C(=O)NC(C(=O)O)C(C)O. The molecule has 6 unspecified atom stereocenters. The summed E-state index contributed by atoms with van der Waals surface area (Å²) in [6, 6.07) is 3.40. The predicted molar refractivity (Wildman–Crippen MR) is 137 cm³/mol. The van der Waals surface area contributed by atoms with Crippen molar-refractivity contribution in [1.82, 2.24) is 20.5 Å². The number of carbonyl (C=O) groups excluding carboxylic acids is 3. The van der Waals surface area contributed by atoms with Gasteiger partial charge in [-0.1, -0.05) is 38.5 Å². The summed E-state index contributed by atoms with van der Waals surface area (Å²) in [4.78, 5) is 55.7. The van der Waals surface area contributed by atoms with Crippen LogP contribution >= 0.6 is 0 Å². The number of nitrogens with two attached hydrogens (primary N) is 1. The van der Waals surface area contributed by atoms with Gasteiger partial charge in [-0.3, -0.25) is 14.4 Å². The van der Waals surface area contributed by atoms with Gasteiger partial charge in [0.15, 0.2) is 6.04 Å². The first-order valence-electron chi connectivity index (χ1n) is 12.7. The summed E-state index contributed by atoms with van der Waals surface area (Å²) in [5, 5.41) is 25.1. The molecule has 0 radical (unpaired) electrons. The number of aliphatic hydroxyl groups is 1. The van der Waals surface area contributed by atoms with Crippen molar-refractivity contribution in [3.63, 3.8) is 0 Å². The first kappa shape index (κ1) is 28.1. The quantitative estimate of drug-likeness (QED) is 0.252. The molecule has 0 bridgehead atoms. The first-order chi connectivity index (χ1) is 17.5. The average Bonchev–Trinajstić information content (AvgIpc) is 3.52. The molecule has 2 aromatic rings. The number of aromatic amines is 1. The molecular weight excluding hydrogens is 478 g/mol. The number of para-hydroxylation sites is 1. The minimum absolute atomic E-state index is 0.0948. The van der Waals surface area contributed by atoms with Crippen LogP contribution < -0.4 is 16.4 Å². The van der Waals surface area contributed by atoms with Crippen LogP contribution in [0.15, 0.2) is 30.5 Å². The second-order valence-corrected chi connectivity index (χ2v) is 9.79. The highest BCUT2D eigenvalue weighted by Gasteiger charge is 2.40. The molecule has 1 aliphatic heterocycles. The highest BCUT2D eigenvalue weighted by Crippen LogP contribution is 2.23. The number of aliphatic hydroxyl groups excluding tert-OH is 1. The number of nitrogens with zero attached hydrogens (tertiary/aromatic N) is 1. The van der Waals surface area contributed by atoms with Gasteiger partial charge in [0.05, 0.1) is 12.1 Å². The number of hydrogen-bond acceptors (Lipinski definition) is 6. The van der Waals surface area contributed by atoms with Crippen LogP contribution in [0.2, 0.25) is 0 Å². The molecule has 11 heteroatoms. The fourth-order valence-corrected chi connectivity index (χ4v) is 4.64. The largest absolute Gasteiger partial charge is 0.480 e. The van der Waals surface area contributed by atoms with Gasteiger partial charge < -0.3 is 36.5 Å². The van der Waals surface area contributed by atoms with E-state index in [1.165, 1.54) is 11.8 Å². The van der Waals surface area contributed by atoms with Gasteiger partial charge in [-0.15, -0.1) is 0 Å². The number of H-pyrrole nitrogens is 1. The lowest BCUT2D eigenvalue weighted by Crippen LogP contribution is -2.58. The van der Waals surface area contributed by atoms with Gasteiger partial charge in [0, 0.05) is 30.1 Å². The van der Waals surface area contributed by atoms with Gasteiger partial charge >= 0.3 is 5.97 Å². The van der Waals surface area contributed by atoms with E-state index in [1.54, 1.807) is 6.20 Å². The minimum Gasteiger partial charge on any atom is -0.480 e. The van der Waals surface area contributed by atoms with E-state index in [4.69, 9.17) is 5.73 Å². The van der Waals surface area contributed by atoms with E-state index in [2.05, 4.69) is 15.6 Å². The second-order valence-electron chi connectivity index (χ2n) is 9.79. The molecule has 3 rings (SSSR count). The van der Waals surface area contributed by atoms with Gasteiger partial charge in [0.25, 0.3) is 0 Å². The predicted octanol–water partition coefficient (Wildman–Crippen LogP) is 0.510. The molecule has 0 saturated carbocycles. The summed E-state index contributed by atoms with van der Waals surface area (Å²) >= 11 is 0. The lowest BCUT2D eigenvalue weighted by Gasteiger charge is -2.30. The molecule has 0 spiro atoms. The highest BCUT2D eigenvalue weighted by molar-refractivity contribution is 5.95. The maximum Gasteiger partial charge on any atom is 0.328 e. The number of rotatable bonds is 11. The molecule has 0 aliphatic carbocycles. The molecule has 1 fully saturated rings. The number of amides is 3. The Bertz CT molecular complexity index is 1130. The minimum atomic E-state index is -1.50. The van der Waals surface area contributed by atoms with Gasteiger partial charge in [0.1, 0.15) is 12.1 Å². The Morgan fingerprint density at radius 1 is 1.19 bits per heavy atom. The zero-order valence-corrected chi connectivity index (χ0v) is 21.4. The molecule has 1 aliphatic rings. The third kappa shape index (κ3) is 6.47. The summed E-state index contributed by atoms with van der Waals surface area (Å²) in [7, 11) is 0. The van der Waals surface area contributed by atoms with Crippen LogP contribution in [-0.4, -0.2) is 80.6 Å². The Labute approximate surface area is 215 Å². The van der Waals surface area contributed by atoms with Crippen LogP contribution in [0.4, 0.5) is 0 Å². The summed E-state index contributed by atoms with van der Waals surface area (Å²) in [6.07, 6.45) is 2.22. The third-order valence-electron chi connectivity index (χ3n) is 7.16. The van der Waals surface area contributed by atoms with E-state index >= 15 is 0 Å². The number of likely N-dealkylation sites (tertiary alicyclic amines) is 1. The lowest BCUT2D eigenvalue weighted by atomic mass is 9.98. The monoisotopic (exact) mass is 515 g/mol. The number of nitrogens with one attached hydrogen (secondary N) is 3. The van der Waals surface area contributed by atoms with E-state index in [0.29, 0.717) is 19.3 Å². The van der Waals surface area contributed by atoms with Crippen LogP contribution in [0, 0.1) is 5.92 Å². The van der Waals surface area contributed by atoms with Crippen molar-refractivity contribution in [2.24, 2.45) is 11.7 Å². The van der Waals surface area contributed by atoms with E-state index in [1.807, 2.05) is 38.1 Å². The number of aromatic nitrogens is 1. The molecule has 202 valence electrons. The Morgan fingerprint density at radius 2 is 1.89 bits per heavy atom. The van der Waals surface area contributed by atoms with E-state index in [9.17, 15) is 29.4 Å². The van der Waals surface area contributed by atoms with Crippen LogP contribution in [-0.2, 0) is 25.6 Å². The lowest BCUT2D eigenvalue weighted by molar-refractivity contribution is -0.147. The van der Waals surface area contributed by atoms with Gasteiger partial charge in [-0.25, -0.2) is 4.79 Å². The fraction of sp³-hybridized carbons (Fsp3) is 0.538. The zero-order valence-electron chi connectivity index (χ0n) is 21.4. The zero-order chi connectivity index (χ0) is 27.3. The summed E-state index contributed by atoms with van der Waals surface area (Å²) < 4.78 is 0. The number of aliphatic carboxylic acids is 1. The average molecular weight is 516 g/mol. The summed E-state index contributed by atoms with van der Waals surface area (Å²) in [5.41, 5.74) is 7.85. The van der Waals surface area contributed by atoms with Crippen molar-refractivity contribution >= 4 is 34.6 Å². The molecule has 1 aromatic carbocycles.